The number of oxime groups is 1. The number of nitrogens with one attached hydrogen (secondary N) is 1. The Labute approximate surface area is 362 Å². The van der Waals surface area contributed by atoms with Crippen LogP contribution in [-0.4, -0.2) is 82.2 Å². The molecule has 2 aliphatic carbocycles. The Balaban J connectivity index is 1.49. The third kappa shape index (κ3) is 10.6. The number of unbranched alkanes of at least 4 members (excludes halogenated alkanes) is 2. The second-order valence-corrected chi connectivity index (χ2v) is 16.9. The van der Waals surface area contributed by atoms with Crippen LogP contribution in [0.15, 0.2) is 102 Å². The summed E-state index contributed by atoms with van der Waals surface area (Å²) in [6.45, 7) is 10.1. The van der Waals surface area contributed by atoms with Crippen molar-refractivity contribution in [2.24, 2.45) is 22.9 Å². The number of benzene rings is 3. The Morgan fingerprint density at radius 3 is 2.35 bits per heavy atom. The molecule has 0 aromatic heterocycles. The van der Waals surface area contributed by atoms with Gasteiger partial charge in [0, 0.05) is 56.8 Å². The number of fused-ring (bicyclic) bond motifs is 2. The molecule has 0 bridgehead atoms. The zero-order valence-corrected chi connectivity index (χ0v) is 35.9. The summed E-state index contributed by atoms with van der Waals surface area (Å²) in [6, 6.07) is 19.1. The van der Waals surface area contributed by atoms with E-state index in [1.54, 1.807) is 25.3 Å². The second-order valence-electron chi connectivity index (χ2n) is 16.9. The van der Waals surface area contributed by atoms with E-state index >= 15 is 0 Å². The smallest absolute Gasteiger partial charge is 0.415 e. The number of likely N-dealkylation sites (N-methyl/N-ethyl adjacent to an activating group) is 1. The first-order valence-electron chi connectivity index (χ1n) is 21.2. The molecule has 1 heterocycles. The molecule has 2 amide bonds. The number of hydrogen-bond donors (Lipinski definition) is 3. The van der Waals surface area contributed by atoms with Gasteiger partial charge in [-0.15, -0.1) is 6.58 Å². The van der Waals surface area contributed by atoms with Crippen molar-refractivity contribution in [1.29, 1.82) is 0 Å². The van der Waals surface area contributed by atoms with Crippen LogP contribution in [0.1, 0.15) is 82.8 Å². The molecule has 15 nitrogen and oxygen atoms in total. The highest BCUT2D eigenvalue weighted by atomic mass is 16.7. The third-order valence-corrected chi connectivity index (χ3v) is 11.6. The van der Waals surface area contributed by atoms with Gasteiger partial charge in [0.25, 0.3) is 5.69 Å². The zero-order valence-electron chi connectivity index (χ0n) is 35.9. The van der Waals surface area contributed by atoms with Gasteiger partial charge in [0.15, 0.2) is 0 Å². The summed E-state index contributed by atoms with van der Waals surface area (Å²) < 4.78 is 25.7. The van der Waals surface area contributed by atoms with E-state index in [0.29, 0.717) is 36.5 Å². The average molecular weight is 855 g/mol. The van der Waals surface area contributed by atoms with Crippen LogP contribution in [0.25, 0.3) is 0 Å². The number of carbonyl (C=O) groups excluding carboxylic acids is 2. The highest BCUT2D eigenvalue weighted by Gasteiger charge is 2.65. The number of amides is 2. The lowest BCUT2D eigenvalue weighted by molar-refractivity contribution is -0.384. The maximum absolute atomic E-state index is 14.2. The number of nitrogens with zero attached hydrogens (tertiary/aromatic N) is 3. The van der Waals surface area contributed by atoms with E-state index in [2.05, 4.69) is 18.0 Å². The van der Waals surface area contributed by atoms with Crippen LogP contribution in [0.3, 0.4) is 0 Å². The molecule has 1 saturated carbocycles. The van der Waals surface area contributed by atoms with Crippen molar-refractivity contribution in [3.05, 3.63) is 118 Å². The van der Waals surface area contributed by atoms with Crippen LogP contribution < -0.4 is 19.5 Å². The zero-order chi connectivity index (χ0) is 44.4. The van der Waals surface area contributed by atoms with Gasteiger partial charge in [-0.1, -0.05) is 60.5 Å². The van der Waals surface area contributed by atoms with E-state index in [4.69, 9.17) is 28.9 Å². The first-order chi connectivity index (χ1) is 29.8. The van der Waals surface area contributed by atoms with Gasteiger partial charge < -0.3 is 44.2 Å². The summed E-state index contributed by atoms with van der Waals surface area (Å²) >= 11 is 0. The van der Waals surface area contributed by atoms with E-state index in [-0.39, 0.29) is 62.0 Å². The molecule has 3 aliphatic rings. The van der Waals surface area contributed by atoms with Crippen molar-refractivity contribution < 1.29 is 48.5 Å². The van der Waals surface area contributed by atoms with E-state index in [1.165, 1.54) is 29.2 Å². The third-order valence-electron chi connectivity index (χ3n) is 11.6. The van der Waals surface area contributed by atoms with Crippen molar-refractivity contribution in [2.45, 2.75) is 95.6 Å². The molecule has 62 heavy (non-hydrogen) atoms. The van der Waals surface area contributed by atoms with Gasteiger partial charge in [0.2, 0.25) is 5.79 Å². The minimum Gasteiger partial charge on any atom is -0.459 e. The molecule has 332 valence electrons. The van der Waals surface area contributed by atoms with Gasteiger partial charge in [-0.3, -0.25) is 10.1 Å². The predicted molar refractivity (Wildman–Crippen MR) is 232 cm³/mol. The first-order valence-corrected chi connectivity index (χ1v) is 21.2. The molecule has 0 saturated heterocycles. The monoisotopic (exact) mass is 854 g/mol. The van der Waals surface area contributed by atoms with Crippen LogP contribution in [0.4, 0.5) is 15.3 Å². The number of ether oxygens (including phenoxy) is 4. The lowest BCUT2D eigenvalue weighted by Gasteiger charge is -2.59. The summed E-state index contributed by atoms with van der Waals surface area (Å²) in [7, 11) is 1.59. The van der Waals surface area contributed by atoms with Crippen molar-refractivity contribution in [1.82, 2.24) is 10.2 Å². The Morgan fingerprint density at radius 1 is 1.00 bits per heavy atom. The summed E-state index contributed by atoms with van der Waals surface area (Å²) in [5.74, 6) is -1.72. The molecule has 3 aromatic carbocycles. The standard InChI is InChI=1S/C47H58N4O11/c1-6-26-58-47-41(50(5)45(55)60-34-20-18-33(19-21-34)51(56)57)29-39(49-62-46(2,3)4)37-27-32(16-10-12-24-52)36(17-11-13-25-53)42(43(37)47)38-28-35(22-23-40(38)61-47)59-44(54)48-30-31-14-8-7-9-15-31/h6-9,14-15,18-23,27-28,32,36,41-43,52-53H,1,10-13,16-17,24-26,29-30H2,2-5H3,(H,48,54)/t32-,36+,41-,42+,43+,47+/m0/s1. The van der Waals surface area contributed by atoms with Gasteiger partial charge in [-0.2, -0.15) is 0 Å². The number of aliphatic hydroxyl groups is 2. The molecule has 15 heteroatoms. The van der Waals surface area contributed by atoms with Crippen LogP contribution in [-0.2, 0) is 16.1 Å². The van der Waals surface area contributed by atoms with Crippen LogP contribution in [0.5, 0.6) is 17.2 Å². The fourth-order valence-electron chi connectivity index (χ4n) is 8.83. The number of nitro groups is 1. The normalized spacial score (nSPS) is 23.2. The molecule has 6 rings (SSSR count). The largest absolute Gasteiger partial charge is 0.459 e. The number of aliphatic hydroxyl groups excluding tert-OH is 2. The Hall–Kier alpha value is -5.77. The lowest BCUT2D eigenvalue weighted by Crippen LogP contribution is -2.69. The highest BCUT2D eigenvalue weighted by molar-refractivity contribution is 6.03. The molecule has 1 fully saturated rings. The number of non-ortho nitro benzene ring substituents is 1. The molecular weight excluding hydrogens is 797 g/mol. The lowest BCUT2D eigenvalue weighted by atomic mass is 9.55. The number of allylic oxidation sites excluding steroid dienone is 1. The van der Waals surface area contributed by atoms with E-state index < -0.39 is 40.5 Å². The fourth-order valence-corrected chi connectivity index (χ4v) is 8.83. The quantitative estimate of drug-likeness (QED) is 0.0482. The Bertz CT molecular complexity index is 2100. The first kappa shape index (κ1) is 45.7. The summed E-state index contributed by atoms with van der Waals surface area (Å²) in [6.07, 6.45) is 6.75. The molecule has 0 spiro atoms. The van der Waals surface area contributed by atoms with Gasteiger partial charge in [-0.25, -0.2) is 9.59 Å². The van der Waals surface area contributed by atoms with Crippen LogP contribution >= 0.6 is 0 Å². The van der Waals surface area contributed by atoms with Crippen molar-refractivity contribution in [2.75, 3.05) is 26.9 Å². The predicted octanol–water partition coefficient (Wildman–Crippen LogP) is 8.45. The van der Waals surface area contributed by atoms with E-state index in [9.17, 15) is 29.9 Å². The summed E-state index contributed by atoms with van der Waals surface area (Å²) in [4.78, 5) is 45.8. The van der Waals surface area contributed by atoms with Crippen LogP contribution in [0, 0.1) is 27.9 Å². The van der Waals surface area contributed by atoms with Crippen molar-refractivity contribution in [3.63, 3.8) is 0 Å². The molecule has 3 aromatic rings. The second kappa shape index (κ2) is 20.4. The van der Waals surface area contributed by atoms with Crippen molar-refractivity contribution >= 4 is 23.6 Å². The van der Waals surface area contributed by atoms with Crippen molar-refractivity contribution in [3.8, 4) is 17.2 Å². The minimum absolute atomic E-state index is 0.0143. The number of carbonyl (C=O) groups is 2. The SMILES string of the molecule is C=CCO[C@@]12Oc3ccc(OC(=O)NCc4ccccc4)cc3[C@H]3[C@H](CCCCO)[C@@H](CCCCO)C=C(C(=NOC(C)(C)C)C[C@@H]1N(C)C(=O)Oc1ccc([N+](=O)[O-])cc1)[C@H]32. The minimum atomic E-state index is -1.55. The van der Waals surface area contributed by atoms with Gasteiger partial charge >= 0.3 is 12.2 Å². The fraction of sp³-hybridized carbons (Fsp3) is 0.468. The molecule has 1 aliphatic heterocycles. The van der Waals surface area contributed by atoms with Gasteiger partial charge in [0.1, 0.15) is 28.9 Å². The molecule has 0 unspecified atom stereocenters. The molecular formula is C47H58N4O11. The average Bonchev–Trinajstić information content (AvgIpc) is 3.25. The van der Waals surface area contributed by atoms with Crippen LogP contribution in [0.2, 0.25) is 0 Å². The number of nitro benzene ring substituents is 1. The highest BCUT2D eigenvalue weighted by Crippen LogP contribution is 2.62. The molecule has 6 atom stereocenters. The summed E-state index contributed by atoms with van der Waals surface area (Å²) in [5.41, 5.74) is 2.31. The Kier molecular flexibility index (Phi) is 15.1. The maximum atomic E-state index is 14.2. The summed E-state index contributed by atoms with van der Waals surface area (Å²) in [5, 5.41) is 38.7. The van der Waals surface area contributed by atoms with Gasteiger partial charge in [0.05, 0.1) is 23.2 Å². The molecule has 0 radical (unpaired) electrons. The maximum Gasteiger partial charge on any atom is 0.415 e. The number of hydrogen-bond acceptors (Lipinski definition) is 12. The number of rotatable bonds is 18. The van der Waals surface area contributed by atoms with E-state index in [1.807, 2.05) is 57.2 Å². The van der Waals surface area contributed by atoms with Gasteiger partial charge in [-0.05, 0) is 99.8 Å². The topological polar surface area (TPSA) is 192 Å². The van der Waals surface area contributed by atoms with E-state index in [0.717, 1.165) is 36.0 Å². The molecule has 3 N–H and O–H groups in total. The Morgan fingerprint density at radius 2 is 1.69 bits per heavy atom.